The van der Waals surface area contributed by atoms with E-state index in [0.29, 0.717) is 5.56 Å². The molecule has 0 saturated carbocycles. The van der Waals surface area contributed by atoms with Crippen molar-refractivity contribution in [3.63, 3.8) is 0 Å². The third-order valence-corrected chi connectivity index (χ3v) is 3.55. The van der Waals surface area contributed by atoms with Gasteiger partial charge in [0.1, 0.15) is 0 Å². The molecule has 0 aliphatic rings. The molecule has 4 nitrogen and oxygen atoms in total. The number of amides is 1. The maximum absolute atomic E-state index is 11.6. The average Bonchev–Trinajstić information content (AvgIpc) is 2.48. The molecule has 0 atom stereocenters. The predicted octanol–water partition coefficient (Wildman–Crippen LogP) is 3.01. The molecule has 1 amide bonds. The second-order valence-electron chi connectivity index (χ2n) is 5.06. The van der Waals surface area contributed by atoms with Crippen molar-refractivity contribution in [2.75, 3.05) is 0 Å². The molecule has 3 rings (SSSR count). The summed E-state index contributed by atoms with van der Waals surface area (Å²) in [5, 5.41) is 1.07. The first-order chi connectivity index (χ1) is 10.1. The molecule has 0 radical (unpaired) electrons. The molecule has 0 bridgehead atoms. The normalized spacial score (nSPS) is 10.8. The van der Waals surface area contributed by atoms with Gasteiger partial charge >= 0.3 is 0 Å². The van der Waals surface area contributed by atoms with Crippen molar-refractivity contribution in [2.45, 2.75) is 13.8 Å². The zero-order chi connectivity index (χ0) is 15.0. The van der Waals surface area contributed by atoms with E-state index in [1.807, 2.05) is 44.2 Å². The third kappa shape index (κ3) is 2.36. The van der Waals surface area contributed by atoms with Crippen LogP contribution in [0.15, 0.2) is 42.6 Å². The number of primary amides is 1. The van der Waals surface area contributed by atoms with E-state index in [4.69, 9.17) is 5.73 Å². The Hall–Kier alpha value is -2.75. The quantitative estimate of drug-likeness (QED) is 0.782. The number of rotatable bonds is 2. The van der Waals surface area contributed by atoms with Gasteiger partial charge in [-0.25, -0.2) is 0 Å². The fourth-order valence-corrected chi connectivity index (χ4v) is 2.49. The SMILES string of the molecule is Cc1cc(C(N)=O)c(C)c(-c2ccc3cccnc3c2)n1. The molecule has 2 heterocycles. The van der Waals surface area contributed by atoms with Gasteiger partial charge in [-0.2, -0.15) is 0 Å². The van der Waals surface area contributed by atoms with Gasteiger partial charge in [-0.3, -0.25) is 14.8 Å². The molecule has 3 aromatic rings. The first kappa shape index (κ1) is 13.2. The van der Waals surface area contributed by atoms with Gasteiger partial charge in [0.05, 0.1) is 11.2 Å². The number of hydrogen-bond acceptors (Lipinski definition) is 3. The molecule has 2 N–H and O–H groups in total. The van der Waals surface area contributed by atoms with Crippen LogP contribution in [0, 0.1) is 13.8 Å². The van der Waals surface area contributed by atoms with Crippen LogP contribution in [-0.4, -0.2) is 15.9 Å². The molecule has 4 heteroatoms. The molecule has 21 heavy (non-hydrogen) atoms. The van der Waals surface area contributed by atoms with E-state index in [0.717, 1.165) is 33.4 Å². The van der Waals surface area contributed by atoms with E-state index in [-0.39, 0.29) is 0 Å². The van der Waals surface area contributed by atoms with Crippen LogP contribution < -0.4 is 5.73 Å². The number of aryl methyl sites for hydroxylation is 1. The summed E-state index contributed by atoms with van der Waals surface area (Å²) < 4.78 is 0. The van der Waals surface area contributed by atoms with Crippen LogP contribution in [0.4, 0.5) is 0 Å². The Morgan fingerprint density at radius 3 is 2.71 bits per heavy atom. The van der Waals surface area contributed by atoms with Gasteiger partial charge in [-0.1, -0.05) is 18.2 Å². The van der Waals surface area contributed by atoms with Crippen molar-refractivity contribution in [1.29, 1.82) is 0 Å². The van der Waals surface area contributed by atoms with Crippen LogP contribution in [-0.2, 0) is 0 Å². The Bertz CT molecular complexity index is 856. The van der Waals surface area contributed by atoms with E-state index in [9.17, 15) is 4.79 Å². The lowest BCUT2D eigenvalue weighted by atomic mass is 10.00. The van der Waals surface area contributed by atoms with Crippen molar-refractivity contribution >= 4 is 16.8 Å². The highest BCUT2D eigenvalue weighted by atomic mass is 16.1. The van der Waals surface area contributed by atoms with Gasteiger partial charge in [0.25, 0.3) is 0 Å². The van der Waals surface area contributed by atoms with Crippen molar-refractivity contribution in [1.82, 2.24) is 9.97 Å². The van der Waals surface area contributed by atoms with Crippen molar-refractivity contribution in [3.8, 4) is 11.3 Å². The predicted molar refractivity (Wildman–Crippen MR) is 83.0 cm³/mol. The van der Waals surface area contributed by atoms with Crippen molar-refractivity contribution in [2.24, 2.45) is 5.73 Å². The fourth-order valence-electron chi connectivity index (χ4n) is 2.49. The van der Waals surface area contributed by atoms with Gasteiger partial charge in [0.2, 0.25) is 5.91 Å². The number of carbonyl (C=O) groups is 1. The van der Waals surface area contributed by atoms with Crippen molar-refractivity contribution in [3.05, 3.63) is 59.4 Å². The molecule has 1 aromatic carbocycles. The Morgan fingerprint density at radius 2 is 1.95 bits per heavy atom. The number of pyridine rings is 2. The molecule has 0 unspecified atom stereocenters. The molecular formula is C17H15N3O. The summed E-state index contributed by atoms with van der Waals surface area (Å²) in [5.41, 5.74) is 10.1. The number of benzene rings is 1. The molecule has 0 fully saturated rings. The molecular weight excluding hydrogens is 262 g/mol. The summed E-state index contributed by atoms with van der Waals surface area (Å²) in [6.45, 7) is 3.72. The van der Waals surface area contributed by atoms with Crippen LogP contribution in [0.1, 0.15) is 21.6 Å². The number of nitrogens with two attached hydrogens (primary N) is 1. The standard InChI is InChI=1S/C17H15N3O/c1-10-8-14(17(18)21)11(2)16(20-10)13-6-5-12-4-3-7-19-15(12)9-13/h3-9H,1-2H3,(H2,18,21). The number of fused-ring (bicyclic) bond motifs is 1. The Labute approximate surface area is 122 Å². The summed E-state index contributed by atoms with van der Waals surface area (Å²) in [5.74, 6) is -0.432. The van der Waals surface area contributed by atoms with Crippen LogP contribution in [0.25, 0.3) is 22.2 Å². The smallest absolute Gasteiger partial charge is 0.249 e. The highest BCUT2D eigenvalue weighted by Gasteiger charge is 2.13. The summed E-state index contributed by atoms with van der Waals surface area (Å²) >= 11 is 0. The first-order valence-corrected chi connectivity index (χ1v) is 6.69. The molecule has 0 aliphatic heterocycles. The second-order valence-corrected chi connectivity index (χ2v) is 5.06. The molecule has 104 valence electrons. The minimum Gasteiger partial charge on any atom is -0.366 e. The summed E-state index contributed by atoms with van der Waals surface area (Å²) in [6, 6.07) is 11.6. The lowest BCUT2D eigenvalue weighted by Gasteiger charge is -2.11. The van der Waals surface area contributed by atoms with Crippen LogP contribution in [0.5, 0.6) is 0 Å². The number of carbonyl (C=O) groups excluding carboxylic acids is 1. The van der Waals surface area contributed by atoms with Crippen molar-refractivity contribution < 1.29 is 4.79 Å². The minimum atomic E-state index is -0.432. The highest BCUT2D eigenvalue weighted by molar-refractivity contribution is 5.96. The van der Waals surface area contributed by atoms with Gasteiger partial charge < -0.3 is 5.73 Å². The largest absolute Gasteiger partial charge is 0.366 e. The fraction of sp³-hybridized carbons (Fsp3) is 0.118. The van der Waals surface area contributed by atoms with Gasteiger partial charge in [-0.05, 0) is 37.6 Å². The summed E-state index contributed by atoms with van der Waals surface area (Å²) in [4.78, 5) is 20.5. The topological polar surface area (TPSA) is 68.9 Å². The zero-order valence-electron chi connectivity index (χ0n) is 11.9. The summed E-state index contributed by atoms with van der Waals surface area (Å²) in [6.07, 6.45) is 1.76. The lowest BCUT2D eigenvalue weighted by Crippen LogP contribution is -2.14. The average molecular weight is 277 g/mol. The lowest BCUT2D eigenvalue weighted by molar-refractivity contribution is 0.0999. The maximum Gasteiger partial charge on any atom is 0.249 e. The monoisotopic (exact) mass is 277 g/mol. The van der Waals surface area contributed by atoms with E-state index in [2.05, 4.69) is 9.97 Å². The molecule has 0 spiro atoms. The maximum atomic E-state index is 11.6. The van der Waals surface area contributed by atoms with Crippen LogP contribution in [0.2, 0.25) is 0 Å². The Morgan fingerprint density at radius 1 is 1.14 bits per heavy atom. The third-order valence-electron chi connectivity index (χ3n) is 3.55. The number of hydrogen-bond donors (Lipinski definition) is 1. The Balaban J connectivity index is 2.24. The molecule has 0 aliphatic carbocycles. The van der Waals surface area contributed by atoms with Crippen LogP contribution in [0.3, 0.4) is 0 Å². The van der Waals surface area contributed by atoms with E-state index < -0.39 is 5.91 Å². The highest BCUT2D eigenvalue weighted by Crippen LogP contribution is 2.27. The molecule has 2 aromatic heterocycles. The first-order valence-electron chi connectivity index (χ1n) is 6.69. The van der Waals surface area contributed by atoms with E-state index in [1.54, 1.807) is 12.3 Å². The van der Waals surface area contributed by atoms with E-state index in [1.165, 1.54) is 0 Å². The summed E-state index contributed by atoms with van der Waals surface area (Å²) in [7, 11) is 0. The number of aromatic nitrogens is 2. The van der Waals surface area contributed by atoms with Gasteiger partial charge in [0, 0.05) is 28.4 Å². The minimum absolute atomic E-state index is 0.432. The van der Waals surface area contributed by atoms with E-state index >= 15 is 0 Å². The molecule has 0 saturated heterocycles. The number of nitrogens with zero attached hydrogens (tertiary/aromatic N) is 2. The Kier molecular flexibility index (Phi) is 3.14. The van der Waals surface area contributed by atoms with Gasteiger partial charge in [0.15, 0.2) is 0 Å². The zero-order valence-corrected chi connectivity index (χ0v) is 11.9. The van der Waals surface area contributed by atoms with Gasteiger partial charge in [-0.15, -0.1) is 0 Å². The van der Waals surface area contributed by atoms with Crippen LogP contribution >= 0.6 is 0 Å². The second kappa shape index (κ2) is 4.98.